The van der Waals surface area contributed by atoms with Crippen molar-refractivity contribution in [1.29, 1.82) is 0 Å². The standard InChI is InChI=1S/C21H26N6O2/c1-3-27-20-17(13-24-27)19(26-16-6-9-29-10-7-16)18(12-23-20)21(28)25-14(2)15-5-4-8-22-11-15/h4-5,8,11-14,16H,3,6-7,9-10H2,1-2H3,(H,23,26)(H,25,28). The molecule has 0 aliphatic carbocycles. The van der Waals surface area contributed by atoms with Crippen LogP contribution in [-0.4, -0.2) is 44.9 Å². The van der Waals surface area contributed by atoms with E-state index in [1.54, 1.807) is 24.8 Å². The first kappa shape index (κ1) is 19.3. The lowest BCUT2D eigenvalue weighted by Crippen LogP contribution is -2.31. The molecule has 0 bridgehead atoms. The summed E-state index contributed by atoms with van der Waals surface area (Å²) in [5.41, 5.74) is 3.04. The highest BCUT2D eigenvalue weighted by molar-refractivity contribution is 6.06. The van der Waals surface area contributed by atoms with E-state index in [9.17, 15) is 4.79 Å². The molecule has 0 aromatic carbocycles. The van der Waals surface area contributed by atoms with Crippen LogP contribution in [0.25, 0.3) is 11.0 Å². The molecule has 1 fully saturated rings. The zero-order valence-corrected chi connectivity index (χ0v) is 16.8. The highest BCUT2D eigenvalue weighted by Gasteiger charge is 2.23. The second kappa shape index (κ2) is 8.57. The maximum absolute atomic E-state index is 13.1. The van der Waals surface area contributed by atoms with Crippen molar-refractivity contribution >= 4 is 22.6 Å². The van der Waals surface area contributed by atoms with Crippen LogP contribution in [0.1, 0.15) is 48.7 Å². The number of ether oxygens (including phenoxy) is 1. The maximum Gasteiger partial charge on any atom is 0.255 e. The number of anilines is 1. The summed E-state index contributed by atoms with van der Waals surface area (Å²) < 4.78 is 7.31. The SMILES string of the molecule is CCn1ncc2c(NC3CCOCC3)c(C(=O)NC(C)c3cccnc3)cnc21. The lowest BCUT2D eigenvalue weighted by Gasteiger charge is -2.25. The molecule has 4 rings (SSSR count). The Morgan fingerprint density at radius 3 is 2.86 bits per heavy atom. The molecular formula is C21H26N6O2. The van der Waals surface area contributed by atoms with Crippen LogP contribution >= 0.6 is 0 Å². The fourth-order valence-electron chi connectivity index (χ4n) is 3.62. The van der Waals surface area contributed by atoms with Crippen LogP contribution in [0.4, 0.5) is 5.69 Å². The minimum Gasteiger partial charge on any atom is -0.381 e. The summed E-state index contributed by atoms with van der Waals surface area (Å²) >= 11 is 0. The molecule has 0 saturated carbocycles. The Bertz CT molecular complexity index is 982. The van der Waals surface area contributed by atoms with E-state index in [1.807, 2.05) is 30.7 Å². The molecule has 8 nitrogen and oxygen atoms in total. The van der Waals surface area contributed by atoms with Gasteiger partial charge in [-0.25, -0.2) is 9.67 Å². The fourth-order valence-corrected chi connectivity index (χ4v) is 3.62. The van der Waals surface area contributed by atoms with Gasteiger partial charge in [0.05, 0.1) is 28.9 Å². The summed E-state index contributed by atoms with van der Waals surface area (Å²) in [5, 5.41) is 11.9. The second-order valence-electron chi connectivity index (χ2n) is 7.26. The molecular weight excluding hydrogens is 368 g/mol. The molecule has 2 N–H and O–H groups in total. The smallest absolute Gasteiger partial charge is 0.255 e. The first-order chi connectivity index (χ1) is 14.2. The van der Waals surface area contributed by atoms with E-state index in [1.165, 1.54) is 0 Å². The van der Waals surface area contributed by atoms with Crippen molar-refractivity contribution in [2.24, 2.45) is 0 Å². The molecule has 1 amide bonds. The number of nitrogens with one attached hydrogen (secondary N) is 2. The predicted octanol–water partition coefficient (Wildman–Crippen LogP) is 2.93. The minimum absolute atomic E-state index is 0.166. The zero-order valence-electron chi connectivity index (χ0n) is 16.8. The van der Waals surface area contributed by atoms with Gasteiger partial charge in [0.1, 0.15) is 0 Å². The van der Waals surface area contributed by atoms with Crippen molar-refractivity contribution < 1.29 is 9.53 Å². The van der Waals surface area contributed by atoms with Gasteiger partial charge in [-0.2, -0.15) is 5.10 Å². The molecule has 0 spiro atoms. The average molecular weight is 394 g/mol. The molecule has 152 valence electrons. The molecule has 1 unspecified atom stereocenters. The molecule has 3 aromatic heterocycles. The van der Waals surface area contributed by atoms with Gasteiger partial charge < -0.3 is 15.4 Å². The monoisotopic (exact) mass is 394 g/mol. The number of fused-ring (bicyclic) bond motifs is 1. The third kappa shape index (κ3) is 4.07. The number of nitrogens with zero attached hydrogens (tertiary/aromatic N) is 4. The molecule has 29 heavy (non-hydrogen) atoms. The number of hydrogen-bond donors (Lipinski definition) is 2. The predicted molar refractivity (Wildman–Crippen MR) is 111 cm³/mol. The molecule has 4 heterocycles. The van der Waals surface area contributed by atoms with Crippen LogP contribution in [-0.2, 0) is 11.3 Å². The van der Waals surface area contributed by atoms with Gasteiger partial charge in [-0.3, -0.25) is 9.78 Å². The van der Waals surface area contributed by atoms with E-state index in [0.29, 0.717) is 5.56 Å². The van der Waals surface area contributed by atoms with E-state index in [0.717, 1.165) is 54.9 Å². The summed E-state index contributed by atoms with van der Waals surface area (Å²) in [6.45, 7) is 6.13. The number of rotatable bonds is 6. The Morgan fingerprint density at radius 2 is 2.14 bits per heavy atom. The third-order valence-electron chi connectivity index (χ3n) is 5.31. The first-order valence-electron chi connectivity index (χ1n) is 10.1. The van der Waals surface area contributed by atoms with E-state index >= 15 is 0 Å². The van der Waals surface area contributed by atoms with Gasteiger partial charge >= 0.3 is 0 Å². The molecule has 3 aromatic rings. The Balaban J connectivity index is 1.66. The summed E-state index contributed by atoms with van der Waals surface area (Å²) in [4.78, 5) is 21.8. The number of amides is 1. The zero-order chi connectivity index (χ0) is 20.2. The second-order valence-corrected chi connectivity index (χ2v) is 7.26. The minimum atomic E-state index is -0.172. The van der Waals surface area contributed by atoms with Gasteiger partial charge in [0.15, 0.2) is 5.65 Å². The van der Waals surface area contributed by atoms with Gasteiger partial charge in [-0.1, -0.05) is 6.07 Å². The molecule has 1 aliphatic heterocycles. The number of aromatic nitrogens is 4. The van der Waals surface area contributed by atoms with Gasteiger partial charge in [-0.15, -0.1) is 0 Å². The van der Waals surface area contributed by atoms with Crippen molar-refractivity contribution in [2.45, 2.75) is 45.3 Å². The van der Waals surface area contributed by atoms with Crippen LogP contribution in [0.15, 0.2) is 36.9 Å². The number of hydrogen-bond acceptors (Lipinski definition) is 6. The number of carbonyl (C=O) groups is 1. The normalized spacial score (nSPS) is 15.9. The van der Waals surface area contributed by atoms with Gasteiger partial charge in [0, 0.05) is 44.4 Å². The van der Waals surface area contributed by atoms with Crippen LogP contribution in [0.3, 0.4) is 0 Å². The highest BCUT2D eigenvalue weighted by atomic mass is 16.5. The van der Waals surface area contributed by atoms with E-state index in [4.69, 9.17) is 4.74 Å². The third-order valence-corrected chi connectivity index (χ3v) is 5.31. The first-order valence-corrected chi connectivity index (χ1v) is 10.1. The molecule has 1 aliphatic rings. The van der Waals surface area contributed by atoms with Crippen molar-refractivity contribution in [2.75, 3.05) is 18.5 Å². The fraction of sp³-hybridized carbons (Fsp3) is 0.429. The molecule has 1 saturated heterocycles. The number of aryl methyl sites for hydroxylation is 1. The van der Waals surface area contributed by atoms with Crippen LogP contribution in [0.2, 0.25) is 0 Å². The largest absolute Gasteiger partial charge is 0.381 e. The van der Waals surface area contributed by atoms with Crippen molar-refractivity contribution in [1.82, 2.24) is 25.1 Å². The van der Waals surface area contributed by atoms with Crippen molar-refractivity contribution in [3.05, 3.63) is 48.0 Å². The molecule has 1 atom stereocenters. The Hall–Kier alpha value is -3.00. The summed E-state index contributed by atoms with van der Waals surface area (Å²) in [5.74, 6) is -0.172. The van der Waals surface area contributed by atoms with E-state index in [-0.39, 0.29) is 18.0 Å². The van der Waals surface area contributed by atoms with Crippen LogP contribution < -0.4 is 10.6 Å². The highest BCUT2D eigenvalue weighted by Crippen LogP contribution is 2.28. The van der Waals surface area contributed by atoms with Crippen molar-refractivity contribution in [3.63, 3.8) is 0 Å². The van der Waals surface area contributed by atoms with Gasteiger partial charge in [0.25, 0.3) is 5.91 Å². The van der Waals surface area contributed by atoms with Crippen LogP contribution in [0.5, 0.6) is 0 Å². The average Bonchev–Trinajstić information content (AvgIpc) is 3.19. The Labute approximate surface area is 169 Å². The lowest BCUT2D eigenvalue weighted by atomic mass is 10.1. The topological polar surface area (TPSA) is 94.0 Å². The summed E-state index contributed by atoms with van der Waals surface area (Å²) in [6.07, 6.45) is 8.71. The molecule has 8 heteroatoms. The number of pyridine rings is 2. The Morgan fingerprint density at radius 1 is 1.31 bits per heavy atom. The van der Waals surface area contributed by atoms with Crippen molar-refractivity contribution in [3.8, 4) is 0 Å². The maximum atomic E-state index is 13.1. The van der Waals surface area contributed by atoms with Gasteiger partial charge in [0.2, 0.25) is 0 Å². The Kier molecular flexibility index (Phi) is 5.71. The molecule has 0 radical (unpaired) electrons. The summed E-state index contributed by atoms with van der Waals surface area (Å²) in [7, 11) is 0. The van der Waals surface area contributed by atoms with Crippen LogP contribution in [0, 0.1) is 0 Å². The number of carbonyl (C=O) groups excluding carboxylic acids is 1. The lowest BCUT2D eigenvalue weighted by molar-refractivity contribution is 0.0903. The van der Waals surface area contributed by atoms with E-state index < -0.39 is 0 Å². The quantitative estimate of drug-likeness (QED) is 0.668. The van der Waals surface area contributed by atoms with E-state index in [2.05, 4.69) is 25.7 Å². The summed E-state index contributed by atoms with van der Waals surface area (Å²) in [6, 6.07) is 3.90. The van der Waals surface area contributed by atoms with Gasteiger partial charge in [-0.05, 0) is 38.3 Å².